The van der Waals surface area contributed by atoms with Crippen LogP contribution in [0.15, 0.2) is 24.3 Å². The van der Waals surface area contributed by atoms with Crippen LogP contribution in [0.3, 0.4) is 0 Å². The molecule has 2 N–H and O–H groups in total. The third kappa shape index (κ3) is 4.51. The highest BCUT2D eigenvalue weighted by Crippen LogP contribution is 2.26. The van der Waals surface area contributed by atoms with E-state index in [1.165, 1.54) is 17.5 Å². The summed E-state index contributed by atoms with van der Waals surface area (Å²) in [6.45, 7) is 11.1. The van der Waals surface area contributed by atoms with E-state index < -0.39 is 0 Å². The Bertz CT molecular complexity index is 330. The highest BCUT2D eigenvalue weighted by molar-refractivity contribution is 5.29. The zero-order valence-corrected chi connectivity index (χ0v) is 12.0. The van der Waals surface area contributed by atoms with Gasteiger partial charge in [0.2, 0.25) is 0 Å². The molecule has 1 aromatic rings. The zero-order chi connectivity index (χ0) is 13.1. The monoisotopic (exact) mass is 233 g/mol. The van der Waals surface area contributed by atoms with Crippen molar-refractivity contribution in [3.8, 4) is 0 Å². The standard InChI is InChI=1S/C16H27N/c1-12(6-7-13(2)17)14-8-10-15(11-9-14)16(3,4)5/h8-13H,6-7,17H2,1-5H3. The van der Waals surface area contributed by atoms with Crippen molar-refractivity contribution in [2.75, 3.05) is 0 Å². The van der Waals surface area contributed by atoms with Gasteiger partial charge in [0, 0.05) is 6.04 Å². The number of rotatable bonds is 4. The number of nitrogens with two attached hydrogens (primary N) is 1. The topological polar surface area (TPSA) is 26.0 Å². The minimum Gasteiger partial charge on any atom is -0.328 e. The molecule has 1 nitrogen and oxygen atoms in total. The first-order chi connectivity index (χ1) is 7.80. The summed E-state index contributed by atoms with van der Waals surface area (Å²) in [6.07, 6.45) is 2.27. The minimum atomic E-state index is 0.244. The van der Waals surface area contributed by atoms with E-state index in [9.17, 15) is 0 Å². The highest BCUT2D eigenvalue weighted by atomic mass is 14.6. The lowest BCUT2D eigenvalue weighted by Crippen LogP contribution is -2.15. The molecule has 0 aliphatic heterocycles. The molecule has 96 valence electrons. The van der Waals surface area contributed by atoms with Crippen molar-refractivity contribution in [3.05, 3.63) is 35.4 Å². The maximum atomic E-state index is 5.80. The van der Waals surface area contributed by atoms with E-state index >= 15 is 0 Å². The molecule has 0 radical (unpaired) electrons. The van der Waals surface area contributed by atoms with E-state index in [0.29, 0.717) is 12.0 Å². The van der Waals surface area contributed by atoms with Gasteiger partial charge in [0.05, 0.1) is 0 Å². The molecule has 0 fully saturated rings. The molecule has 1 aromatic carbocycles. The summed E-state index contributed by atoms with van der Waals surface area (Å²) in [7, 11) is 0. The fourth-order valence-electron chi connectivity index (χ4n) is 1.99. The SMILES string of the molecule is CC(N)CCC(C)c1ccc(C(C)(C)C)cc1. The second-order valence-electron chi connectivity index (χ2n) is 6.33. The number of benzene rings is 1. The van der Waals surface area contributed by atoms with Crippen molar-refractivity contribution in [2.24, 2.45) is 5.73 Å². The Kier molecular flexibility index (Phi) is 4.76. The molecule has 0 spiro atoms. The van der Waals surface area contributed by atoms with E-state index in [4.69, 9.17) is 5.73 Å². The third-order valence-electron chi connectivity index (χ3n) is 3.40. The van der Waals surface area contributed by atoms with Crippen molar-refractivity contribution in [3.63, 3.8) is 0 Å². The van der Waals surface area contributed by atoms with Crippen LogP contribution >= 0.6 is 0 Å². The van der Waals surface area contributed by atoms with Gasteiger partial charge < -0.3 is 5.73 Å². The first-order valence-electron chi connectivity index (χ1n) is 6.66. The molecule has 0 bridgehead atoms. The van der Waals surface area contributed by atoms with Gasteiger partial charge in [-0.1, -0.05) is 52.0 Å². The van der Waals surface area contributed by atoms with E-state index in [-0.39, 0.29) is 5.41 Å². The normalized spacial score (nSPS) is 15.6. The average Bonchev–Trinajstić information content (AvgIpc) is 2.25. The molecule has 0 saturated heterocycles. The summed E-state index contributed by atoms with van der Waals surface area (Å²) < 4.78 is 0. The largest absolute Gasteiger partial charge is 0.328 e. The van der Waals surface area contributed by atoms with Crippen LogP contribution in [0.25, 0.3) is 0 Å². The summed E-state index contributed by atoms with van der Waals surface area (Å²) in [4.78, 5) is 0. The van der Waals surface area contributed by atoms with Gasteiger partial charge in [-0.3, -0.25) is 0 Å². The predicted molar refractivity (Wildman–Crippen MR) is 76.4 cm³/mol. The van der Waals surface area contributed by atoms with Crippen LogP contribution in [-0.2, 0) is 5.41 Å². The van der Waals surface area contributed by atoms with Gasteiger partial charge >= 0.3 is 0 Å². The molecular formula is C16H27N. The Morgan fingerprint density at radius 1 is 1.00 bits per heavy atom. The summed E-state index contributed by atoms with van der Waals surface area (Å²) in [5.74, 6) is 0.606. The van der Waals surface area contributed by atoms with Crippen molar-refractivity contribution < 1.29 is 0 Å². The Hall–Kier alpha value is -0.820. The van der Waals surface area contributed by atoms with Crippen LogP contribution in [0.5, 0.6) is 0 Å². The van der Waals surface area contributed by atoms with E-state index in [0.717, 1.165) is 6.42 Å². The summed E-state index contributed by atoms with van der Waals surface area (Å²) in [5.41, 5.74) is 8.88. The van der Waals surface area contributed by atoms with Crippen molar-refractivity contribution >= 4 is 0 Å². The van der Waals surface area contributed by atoms with Crippen molar-refractivity contribution in [1.82, 2.24) is 0 Å². The van der Waals surface area contributed by atoms with Gasteiger partial charge in [0.15, 0.2) is 0 Å². The van der Waals surface area contributed by atoms with Crippen LogP contribution in [-0.4, -0.2) is 6.04 Å². The van der Waals surface area contributed by atoms with E-state index in [2.05, 4.69) is 58.9 Å². The molecule has 0 aliphatic rings. The van der Waals surface area contributed by atoms with Crippen LogP contribution in [0, 0.1) is 0 Å². The van der Waals surface area contributed by atoms with Gasteiger partial charge in [0.25, 0.3) is 0 Å². The first kappa shape index (κ1) is 14.2. The lowest BCUT2D eigenvalue weighted by atomic mass is 9.85. The summed E-state index contributed by atoms with van der Waals surface area (Å²) in [6, 6.07) is 9.38. The Morgan fingerprint density at radius 2 is 1.53 bits per heavy atom. The quantitative estimate of drug-likeness (QED) is 0.828. The van der Waals surface area contributed by atoms with Gasteiger partial charge in [-0.2, -0.15) is 0 Å². The van der Waals surface area contributed by atoms with E-state index in [1.807, 2.05) is 0 Å². The van der Waals surface area contributed by atoms with Crippen molar-refractivity contribution in [1.29, 1.82) is 0 Å². The van der Waals surface area contributed by atoms with Gasteiger partial charge in [-0.05, 0) is 42.2 Å². The molecule has 17 heavy (non-hydrogen) atoms. The lowest BCUT2D eigenvalue weighted by Gasteiger charge is -2.20. The van der Waals surface area contributed by atoms with E-state index in [1.54, 1.807) is 0 Å². The molecule has 2 atom stereocenters. The smallest absolute Gasteiger partial charge is 0.00106 e. The van der Waals surface area contributed by atoms with Crippen molar-refractivity contribution in [2.45, 2.75) is 64.8 Å². The Morgan fingerprint density at radius 3 is 1.94 bits per heavy atom. The fourth-order valence-corrected chi connectivity index (χ4v) is 1.99. The Labute approximate surface area is 106 Å². The molecule has 0 heterocycles. The third-order valence-corrected chi connectivity index (χ3v) is 3.40. The molecule has 1 rings (SSSR count). The molecule has 0 amide bonds. The molecule has 0 saturated carbocycles. The van der Waals surface area contributed by atoms with Crippen LogP contribution < -0.4 is 5.73 Å². The lowest BCUT2D eigenvalue weighted by molar-refractivity contribution is 0.566. The molecule has 2 unspecified atom stereocenters. The molecule has 1 heteroatoms. The second kappa shape index (κ2) is 5.68. The predicted octanol–water partition coefficient (Wildman–Crippen LogP) is 4.22. The zero-order valence-electron chi connectivity index (χ0n) is 12.0. The average molecular weight is 233 g/mol. The van der Waals surface area contributed by atoms with Crippen LogP contribution in [0.1, 0.15) is 64.5 Å². The van der Waals surface area contributed by atoms with Gasteiger partial charge in [0.1, 0.15) is 0 Å². The summed E-state index contributed by atoms with van der Waals surface area (Å²) in [5, 5.41) is 0. The maximum Gasteiger partial charge on any atom is 0.00106 e. The highest BCUT2D eigenvalue weighted by Gasteiger charge is 2.14. The fraction of sp³-hybridized carbons (Fsp3) is 0.625. The van der Waals surface area contributed by atoms with Gasteiger partial charge in [-0.15, -0.1) is 0 Å². The van der Waals surface area contributed by atoms with Crippen LogP contribution in [0.4, 0.5) is 0 Å². The van der Waals surface area contributed by atoms with Gasteiger partial charge in [-0.25, -0.2) is 0 Å². The molecular weight excluding hydrogens is 206 g/mol. The molecule has 0 aromatic heterocycles. The Balaban J connectivity index is 2.67. The minimum absolute atomic E-state index is 0.244. The molecule has 0 aliphatic carbocycles. The number of hydrogen-bond donors (Lipinski definition) is 1. The second-order valence-corrected chi connectivity index (χ2v) is 6.33. The maximum absolute atomic E-state index is 5.80. The number of hydrogen-bond acceptors (Lipinski definition) is 1. The first-order valence-corrected chi connectivity index (χ1v) is 6.66. The summed E-state index contributed by atoms with van der Waals surface area (Å²) >= 11 is 0. The van der Waals surface area contributed by atoms with Crippen LogP contribution in [0.2, 0.25) is 0 Å².